The van der Waals surface area contributed by atoms with E-state index < -0.39 is 0 Å². The minimum Gasteiger partial charge on any atom is -0.370 e. The van der Waals surface area contributed by atoms with Gasteiger partial charge >= 0.3 is 0 Å². The summed E-state index contributed by atoms with van der Waals surface area (Å²) in [7, 11) is 0. The van der Waals surface area contributed by atoms with Crippen LogP contribution < -0.4 is 11.1 Å². The number of benzene rings is 1. The number of nitrogens with zero attached hydrogens (tertiary/aromatic N) is 1. The van der Waals surface area contributed by atoms with E-state index in [1.54, 1.807) is 0 Å². The molecule has 3 N–H and O–H groups in total. The van der Waals surface area contributed by atoms with Crippen molar-refractivity contribution < 1.29 is 0 Å². The first kappa shape index (κ1) is 14.8. The molecule has 0 aliphatic heterocycles. The zero-order valence-corrected chi connectivity index (χ0v) is 13.4. The maximum absolute atomic E-state index is 6.06. The quantitative estimate of drug-likeness (QED) is 0.646. The Labute approximate surface area is 131 Å². The van der Waals surface area contributed by atoms with Crippen LogP contribution in [-0.2, 0) is 0 Å². The molecule has 0 radical (unpaired) electrons. The van der Waals surface area contributed by atoms with Crippen molar-refractivity contribution in [1.29, 1.82) is 0 Å². The van der Waals surface area contributed by atoms with Gasteiger partial charge in [-0.1, -0.05) is 37.5 Å². The van der Waals surface area contributed by atoms with Crippen LogP contribution in [0, 0.1) is 0 Å². The number of nitrogens with two attached hydrogens (primary N) is 1. The second-order valence-corrected chi connectivity index (χ2v) is 7.82. The lowest BCUT2D eigenvalue weighted by atomic mass is 9.96. The average molecular weight is 303 g/mol. The Morgan fingerprint density at radius 3 is 2.57 bits per heavy atom. The molecule has 2 aliphatic rings. The third-order valence-corrected chi connectivity index (χ3v) is 5.86. The maximum Gasteiger partial charge on any atom is 0.188 e. The van der Waals surface area contributed by atoms with E-state index in [9.17, 15) is 0 Å². The van der Waals surface area contributed by atoms with Crippen LogP contribution in [0.15, 0.2) is 40.2 Å². The zero-order valence-electron chi connectivity index (χ0n) is 12.6. The highest BCUT2D eigenvalue weighted by Crippen LogP contribution is 2.51. The summed E-state index contributed by atoms with van der Waals surface area (Å²) >= 11 is 1.95. The van der Waals surface area contributed by atoms with Crippen LogP contribution in [0.2, 0.25) is 0 Å². The highest BCUT2D eigenvalue weighted by atomic mass is 32.2. The van der Waals surface area contributed by atoms with Gasteiger partial charge in [0, 0.05) is 15.7 Å². The zero-order chi connectivity index (χ0) is 14.5. The summed E-state index contributed by atoms with van der Waals surface area (Å²) in [6.45, 7) is 0.831. The number of thioether (sulfide) groups is 1. The van der Waals surface area contributed by atoms with Gasteiger partial charge in [0.25, 0.3) is 0 Å². The third kappa shape index (κ3) is 4.40. The molecule has 0 unspecified atom stereocenters. The summed E-state index contributed by atoms with van der Waals surface area (Å²) in [6, 6.07) is 11.2. The highest BCUT2D eigenvalue weighted by molar-refractivity contribution is 8.01. The summed E-state index contributed by atoms with van der Waals surface area (Å²) in [5.41, 5.74) is 6.06. The van der Waals surface area contributed by atoms with Crippen LogP contribution in [0.3, 0.4) is 0 Å². The van der Waals surface area contributed by atoms with Crippen LogP contribution in [0.5, 0.6) is 0 Å². The second kappa shape index (κ2) is 6.73. The molecule has 2 saturated carbocycles. The first-order valence-electron chi connectivity index (χ1n) is 8.06. The molecular formula is C17H25N3S. The summed E-state index contributed by atoms with van der Waals surface area (Å²) in [5.74, 6) is 0.641. The fraction of sp³-hybridized carbons (Fsp3) is 0.588. The van der Waals surface area contributed by atoms with Crippen LogP contribution in [0.4, 0.5) is 0 Å². The molecule has 0 bridgehead atoms. The normalized spacial score (nSPS) is 22.0. The van der Waals surface area contributed by atoms with E-state index in [1.807, 2.05) is 11.8 Å². The van der Waals surface area contributed by atoms with Gasteiger partial charge in [0.15, 0.2) is 5.96 Å². The van der Waals surface area contributed by atoms with Gasteiger partial charge in [0.1, 0.15) is 0 Å². The minimum atomic E-state index is 0.292. The van der Waals surface area contributed by atoms with Gasteiger partial charge in [-0.05, 0) is 37.8 Å². The number of hydrogen-bond donors (Lipinski definition) is 2. The standard InChI is InChI=1S/C17H25N3S/c18-16(20-14-7-3-1-4-8-14)19-13-17(11-12-17)21-15-9-5-2-6-10-15/h2,5-6,9-10,14H,1,3-4,7-8,11-13H2,(H3,18,19,20). The molecule has 0 saturated heterocycles. The summed E-state index contributed by atoms with van der Waals surface area (Å²) in [4.78, 5) is 5.95. The SMILES string of the molecule is NC(=NCC1(Sc2ccccc2)CC1)NC1CCCCC1. The van der Waals surface area contributed by atoms with Crippen LogP contribution in [0.25, 0.3) is 0 Å². The van der Waals surface area contributed by atoms with E-state index in [4.69, 9.17) is 5.73 Å². The Kier molecular flexibility index (Phi) is 4.73. The van der Waals surface area contributed by atoms with Crippen molar-refractivity contribution in [1.82, 2.24) is 5.32 Å². The first-order chi connectivity index (χ1) is 10.3. The predicted molar refractivity (Wildman–Crippen MR) is 90.8 cm³/mol. The molecule has 4 heteroatoms. The Morgan fingerprint density at radius 1 is 1.19 bits per heavy atom. The molecule has 1 aromatic carbocycles. The number of hydrogen-bond acceptors (Lipinski definition) is 2. The summed E-state index contributed by atoms with van der Waals surface area (Å²) < 4.78 is 0.292. The van der Waals surface area contributed by atoms with E-state index in [0.29, 0.717) is 16.7 Å². The fourth-order valence-corrected chi connectivity index (χ4v) is 4.13. The highest BCUT2D eigenvalue weighted by Gasteiger charge is 2.43. The monoisotopic (exact) mass is 303 g/mol. The van der Waals surface area contributed by atoms with E-state index in [1.165, 1.54) is 49.8 Å². The minimum absolute atomic E-state index is 0.292. The van der Waals surface area contributed by atoms with Crippen molar-refractivity contribution >= 4 is 17.7 Å². The fourth-order valence-electron chi connectivity index (χ4n) is 2.90. The van der Waals surface area contributed by atoms with Crippen molar-refractivity contribution in [3.63, 3.8) is 0 Å². The number of rotatable bonds is 5. The number of guanidine groups is 1. The Morgan fingerprint density at radius 2 is 1.90 bits per heavy atom. The second-order valence-electron chi connectivity index (χ2n) is 6.28. The van der Waals surface area contributed by atoms with Crippen molar-refractivity contribution in [2.24, 2.45) is 10.7 Å². The van der Waals surface area contributed by atoms with Gasteiger partial charge in [0.2, 0.25) is 0 Å². The molecule has 3 rings (SSSR count). The molecular weight excluding hydrogens is 278 g/mol. The molecule has 0 amide bonds. The van der Waals surface area contributed by atoms with Gasteiger partial charge in [-0.3, -0.25) is 4.99 Å². The van der Waals surface area contributed by atoms with Gasteiger partial charge in [0.05, 0.1) is 6.54 Å². The smallest absolute Gasteiger partial charge is 0.188 e. The molecule has 0 heterocycles. The van der Waals surface area contributed by atoms with Gasteiger partial charge in [-0.2, -0.15) is 0 Å². The van der Waals surface area contributed by atoms with E-state index in [0.717, 1.165) is 6.54 Å². The average Bonchev–Trinajstić information content (AvgIpc) is 3.27. The van der Waals surface area contributed by atoms with Gasteiger partial charge in [-0.15, -0.1) is 11.8 Å². The van der Waals surface area contributed by atoms with Crippen LogP contribution in [0.1, 0.15) is 44.9 Å². The molecule has 0 atom stereocenters. The number of aliphatic imine (C=N–C) groups is 1. The molecule has 3 nitrogen and oxygen atoms in total. The van der Waals surface area contributed by atoms with Gasteiger partial charge in [-0.25, -0.2) is 0 Å². The Balaban J connectivity index is 1.50. The van der Waals surface area contributed by atoms with Crippen molar-refractivity contribution in [3.8, 4) is 0 Å². The van der Waals surface area contributed by atoms with Crippen LogP contribution >= 0.6 is 11.8 Å². The maximum atomic E-state index is 6.06. The molecule has 0 aromatic heterocycles. The molecule has 2 aliphatic carbocycles. The molecule has 2 fully saturated rings. The Bertz CT molecular complexity index is 476. The van der Waals surface area contributed by atoms with E-state index >= 15 is 0 Å². The molecule has 1 aromatic rings. The lowest BCUT2D eigenvalue weighted by Crippen LogP contribution is -2.41. The largest absolute Gasteiger partial charge is 0.370 e. The van der Waals surface area contributed by atoms with Crippen molar-refractivity contribution in [2.75, 3.05) is 6.54 Å². The summed E-state index contributed by atoms with van der Waals surface area (Å²) in [6.07, 6.45) is 8.96. The van der Waals surface area contributed by atoms with Gasteiger partial charge < -0.3 is 11.1 Å². The van der Waals surface area contributed by atoms with Crippen molar-refractivity contribution in [3.05, 3.63) is 30.3 Å². The lowest BCUT2D eigenvalue weighted by molar-refractivity contribution is 0.412. The number of nitrogens with one attached hydrogen (secondary N) is 1. The molecule has 21 heavy (non-hydrogen) atoms. The van der Waals surface area contributed by atoms with E-state index in [-0.39, 0.29) is 0 Å². The topological polar surface area (TPSA) is 50.4 Å². The van der Waals surface area contributed by atoms with Crippen LogP contribution in [-0.4, -0.2) is 23.3 Å². The Hall–Kier alpha value is -1.16. The van der Waals surface area contributed by atoms with Crippen molar-refractivity contribution in [2.45, 2.75) is 60.6 Å². The predicted octanol–water partition coefficient (Wildman–Crippen LogP) is 3.55. The molecule has 0 spiro atoms. The van der Waals surface area contributed by atoms with E-state index in [2.05, 4.69) is 40.6 Å². The molecule has 114 valence electrons. The first-order valence-corrected chi connectivity index (χ1v) is 8.88. The lowest BCUT2D eigenvalue weighted by Gasteiger charge is -2.23. The summed E-state index contributed by atoms with van der Waals surface area (Å²) in [5, 5.41) is 3.40. The third-order valence-electron chi connectivity index (χ3n) is 4.38.